The van der Waals surface area contributed by atoms with Crippen molar-refractivity contribution in [3.05, 3.63) is 35.6 Å². The van der Waals surface area contributed by atoms with E-state index in [1.54, 1.807) is 4.90 Å². The Morgan fingerprint density at radius 3 is 2.64 bits per heavy atom. The van der Waals surface area contributed by atoms with Gasteiger partial charge in [-0.25, -0.2) is 0 Å². The van der Waals surface area contributed by atoms with Crippen molar-refractivity contribution in [2.75, 3.05) is 6.79 Å². The summed E-state index contributed by atoms with van der Waals surface area (Å²) in [6.07, 6.45) is 1.58. The molecule has 25 heavy (non-hydrogen) atoms. The number of rotatable bonds is 4. The van der Waals surface area contributed by atoms with Crippen LogP contribution >= 0.6 is 0 Å². The zero-order chi connectivity index (χ0) is 18.2. The molecule has 0 saturated carbocycles. The minimum Gasteiger partial charge on any atom is -0.481 e. The predicted molar refractivity (Wildman–Crippen MR) is 91.1 cm³/mol. The first-order valence-corrected chi connectivity index (χ1v) is 8.38. The second kappa shape index (κ2) is 6.43. The van der Waals surface area contributed by atoms with E-state index >= 15 is 0 Å². The van der Waals surface area contributed by atoms with Gasteiger partial charge in [0.2, 0.25) is 6.79 Å². The van der Waals surface area contributed by atoms with Gasteiger partial charge >= 0.3 is 0 Å². The van der Waals surface area contributed by atoms with Crippen LogP contribution in [0.4, 0.5) is 0 Å². The van der Waals surface area contributed by atoms with Crippen molar-refractivity contribution in [1.82, 2.24) is 4.90 Å². The van der Waals surface area contributed by atoms with E-state index in [1.807, 2.05) is 45.9 Å². The van der Waals surface area contributed by atoms with Gasteiger partial charge in [0, 0.05) is 25.1 Å². The number of amides is 1. The van der Waals surface area contributed by atoms with Crippen molar-refractivity contribution in [2.45, 2.75) is 52.3 Å². The van der Waals surface area contributed by atoms with Crippen molar-refractivity contribution in [2.24, 2.45) is 0 Å². The van der Waals surface area contributed by atoms with Gasteiger partial charge < -0.3 is 19.1 Å². The van der Waals surface area contributed by atoms with E-state index in [1.165, 1.54) is 6.08 Å². The second-order valence-electron chi connectivity index (χ2n) is 7.23. The number of nitrogens with zero attached hydrogens (tertiary/aromatic N) is 1. The number of carbonyl (C=O) groups is 2. The van der Waals surface area contributed by atoms with E-state index in [0.717, 1.165) is 5.56 Å². The molecule has 1 amide bonds. The second-order valence-corrected chi connectivity index (χ2v) is 7.23. The molecule has 2 aliphatic heterocycles. The summed E-state index contributed by atoms with van der Waals surface area (Å²) in [7, 11) is 0. The number of ether oxygens (including phenoxy) is 3. The highest BCUT2D eigenvalue weighted by Crippen LogP contribution is 2.33. The summed E-state index contributed by atoms with van der Waals surface area (Å²) in [5.41, 5.74) is 0.256. The fourth-order valence-electron chi connectivity index (χ4n) is 2.95. The quantitative estimate of drug-likeness (QED) is 0.839. The smallest absolute Gasteiger partial charge is 0.289 e. The van der Waals surface area contributed by atoms with Crippen LogP contribution in [0.1, 0.15) is 39.7 Å². The molecule has 0 fully saturated rings. The standard InChI is InChI=1S/C19H23NO5/c1-12(2)20(10-13-5-6-15-16(7-13)24-11-23-15)18(22)17-8-14(21)9-19(3,4)25-17/h5-8,12H,9-11H2,1-4H3. The number of allylic oxidation sites excluding steroid dienone is 1. The summed E-state index contributed by atoms with van der Waals surface area (Å²) in [5, 5.41) is 0. The van der Waals surface area contributed by atoms with Crippen LogP contribution in [0.3, 0.4) is 0 Å². The molecule has 2 heterocycles. The molecule has 3 rings (SSSR count). The molecule has 134 valence electrons. The fraction of sp³-hybridized carbons (Fsp3) is 0.474. The first kappa shape index (κ1) is 17.3. The summed E-state index contributed by atoms with van der Waals surface area (Å²) in [4.78, 5) is 26.5. The van der Waals surface area contributed by atoms with Crippen LogP contribution in [-0.2, 0) is 20.9 Å². The van der Waals surface area contributed by atoms with Crippen molar-refractivity contribution < 1.29 is 23.8 Å². The van der Waals surface area contributed by atoms with Gasteiger partial charge in [-0.3, -0.25) is 9.59 Å². The topological polar surface area (TPSA) is 65.1 Å². The Bertz CT molecular complexity index is 735. The maximum absolute atomic E-state index is 12.9. The van der Waals surface area contributed by atoms with E-state index in [9.17, 15) is 9.59 Å². The molecular weight excluding hydrogens is 322 g/mol. The number of fused-ring (bicyclic) bond motifs is 1. The third kappa shape index (κ3) is 3.78. The van der Waals surface area contributed by atoms with Crippen molar-refractivity contribution in [3.63, 3.8) is 0 Å². The Morgan fingerprint density at radius 2 is 1.96 bits per heavy atom. The van der Waals surface area contributed by atoms with Crippen LogP contribution in [0.15, 0.2) is 30.0 Å². The minimum absolute atomic E-state index is 0.0532. The molecule has 6 nitrogen and oxygen atoms in total. The highest BCUT2D eigenvalue weighted by Gasteiger charge is 2.34. The summed E-state index contributed by atoms with van der Waals surface area (Å²) < 4.78 is 16.5. The van der Waals surface area contributed by atoms with Gasteiger partial charge in [-0.15, -0.1) is 0 Å². The molecule has 1 aromatic rings. The zero-order valence-electron chi connectivity index (χ0n) is 15.0. The molecule has 0 atom stereocenters. The first-order valence-electron chi connectivity index (χ1n) is 8.38. The van der Waals surface area contributed by atoms with E-state index in [0.29, 0.717) is 18.0 Å². The Hall–Kier alpha value is -2.50. The monoisotopic (exact) mass is 345 g/mol. The average molecular weight is 345 g/mol. The first-order chi connectivity index (χ1) is 11.7. The summed E-state index contributed by atoms with van der Waals surface area (Å²) in [6, 6.07) is 5.56. The Morgan fingerprint density at radius 1 is 1.24 bits per heavy atom. The fourth-order valence-corrected chi connectivity index (χ4v) is 2.95. The number of hydrogen-bond acceptors (Lipinski definition) is 5. The van der Waals surface area contributed by atoms with Gasteiger partial charge in [-0.1, -0.05) is 6.07 Å². The summed E-state index contributed by atoms with van der Waals surface area (Å²) in [5.74, 6) is 1.12. The normalized spacial score (nSPS) is 18.0. The predicted octanol–water partition coefficient (Wildman–Crippen LogP) is 2.80. The lowest BCUT2D eigenvalue weighted by Gasteiger charge is -2.34. The van der Waals surface area contributed by atoms with Crippen molar-refractivity contribution in [1.29, 1.82) is 0 Å². The molecule has 0 bridgehead atoms. The van der Waals surface area contributed by atoms with Gasteiger partial charge in [0.05, 0.1) is 0 Å². The van der Waals surface area contributed by atoms with Crippen LogP contribution in [0.25, 0.3) is 0 Å². The molecule has 0 unspecified atom stereocenters. The van der Waals surface area contributed by atoms with Gasteiger partial charge in [0.25, 0.3) is 5.91 Å². The largest absolute Gasteiger partial charge is 0.481 e. The minimum atomic E-state index is -0.668. The third-order valence-electron chi connectivity index (χ3n) is 4.16. The van der Waals surface area contributed by atoms with Crippen LogP contribution in [0, 0.1) is 0 Å². The van der Waals surface area contributed by atoms with Crippen LogP contribution in [0.2, 0.25) is 0 Å². The lowest BCUT2D eigenvalue weighted by molar-refractivity contribution is -0.140. The van der Waals surface area contributed by atoms with Crippen molar-refractivity contribution >= 4 is 11.7 Å². The lowest BCUT2D eigenvalue weighted by Crippen LogP contribution is -2.42. The number of carbonyl (C=O) groups excluding carboxylic acids is 2. The van der Waals surface area contributed by atoms with Gasteiger partial charge in [0.15, 0.2) is 23.0 Å². The molecule has 6 heteroatoms. The molecule has 0 aliphatic carbocycles. The van der Waals surface area contributed by atoms with E-state index in [-0.39, 0.29) is 36.7 Å². The maximum atomic E-state index is 12.9. The molecule has 0 N–H and O–H groups in total. The van der Waals surface area contributed by atoms with Gasteiger partial charge in [-0.05, 0) is 45.4 Å². The maximum Gasteiger partial charge on any atom is 0.289 e. The number of hydrogen-bond donors (Lipinski definition) is 0. The van der Waals surface area contributed by atoms with E-state index < -0.39 is 5.60 Å². The molecule has 1 aromatic carbocycles. The Balaban J connectivity index is 1.81. The Labute approximate surface area is 147 Å². The van der Waals surface area contributed by atoms with Crippen LogP contribution in [-0.4, -0.2) is 35.0 Å². The Kier molecular flexibility index (Phi) is 4.45. The average Bonchev–Trinajstić information content (AvgIpc) is 2.97. The molecule has 0 spiro atoms. The van der Waals surface area contributed by atoms with Crippen LogP contribution in [0.5, 0.6) is 11.5 Å². The number of benzene rings is 1. The zero-order valence-corrected chi connectivity index (χ0v) is 15.0. The molecule has 2 aliphatic rings. The lowest BCUT2D eigenvalue weighted by atomic mass is 9.98. The van der Waals surface area contributed by atoms with Gasteiger partial charge in [0.1, 0.15) is 5.60 Å². The SMILES string of the molecule is CC(C)N(Cc1ccc2c(c1)OCO2)C(=O)C1=CC(=O)CC(C)(C)O1. The van der Waals surface area contributed by atoms with E-state index in [4.69, 9.17) is 14.2 Å². The molecule has 0 aromatic heterocycles. The molecule has 0 radical (unpaired) electrons. The highest BCUT2D eigenvalue weighted by atomic mass is 16.7. The van der Waals surface area contributed by atoms with E-state index in [2.05, 4.69) is 0 Å². The third-order valence-corrected chi connectivity index (χ3v) is 4.16. The highest BCUT2D eigenvalue weighted by molar-refractivity contribution is 6.01. The molecular formula is C19H23NO5. The van der Waals surface area contributed by atoms with Crippen LogP contribution < -0.4 is 9.47 Å². The molecule has 0 saturated heterocycles. The summed E-state index contributed by atoms with van der Waals surface area (Å²) >= 11 is 0. The van der Waals surface area contributed by atoms with Crippen molar-refractivity contribution in [3.8, 4) is 11.5 Å². The number of ketones is 1. The summed E-state index contributed by atoms with van der Waals surface area (Å²) in [6.45, 7) is 8.08. The van der Waals surface area contributed by atoms with Gasteiger partial charge in [-0.2, -0.15) is 0 Å².